The molecule has 0 saturated heterocycles. The van der Waals surface area contributed by atoms with Gasteiger partial charge in [0.2, 0.25) is 15.9 Å². The monoisotopic (exact) mass is 326 g/mol. The van der Waals surface area contributed by atoms with Crippen molar-refractivity contribution < 1.29 is 17.9 Å². The average molecular weight is 326 g/mol. The number of methoxy groups -OCH3 is 1. The molecule has 1 amide bonds. The minimum Gasteiger partial charge on any atom is -0.497 e. The van der Waals surface area contributed by atoms with Gasteiger partial charge in [0.1, 0.15) is 5.75 Å². The Morgan fingerprint density at radius 1 is 1.41 bits per heavy atom. The molecule has 0 atom stereocenters. The first-order chi connectivity index (χ1) is 10.3. The summed E-state index contributed by atoms with van der Waals surface area (Å²) in [6.45, 7) is 3.85. The third-order valence-electron chi connectivity index (χ3n) is 3.71. The number of hydrogen-bond acceptors (Lipinski definition) is 4. The van der Waals surface area contributed by atoms with Crippen molar-refractivity contribution in [2.75, 3.05) is 20.2 Å². The Bertz CT molecular complexity index is 654. The summed E-state index contributed by atoms with van der Waals surface area (Å²) in [5.74, 6) is 0.607. The van der Waals surface area contributed by atoms with Crippen molar-refractivity contribution in [3.63, 3.8) is 0 Å². The van der Waals surface area contributed by atoms with E-state index >= 15 is 0 Å². The molecule has 0 aliphatic heterocycles. The number of carbonyl (C=O) groups excluding carboxylic acids is 1. The second-order valence-electron chi connectivity index (χ2n) is 5.47. The van der Waals surface area contributed by atoms with Crippen LogP contribution in [0.25, 0.3) is 0 Å². The van der Waals surface area contributed by atoms with Gasteiger partial charge in [-0.1, -0.05) is 0 Å². The molecule has 1 aliphatic rings. The van der Waals surface area contributed by atoms with E-state index in [0.717, 1.165) is 12.8 Å². The number of amides is 1. The largest absolute Gasteiger partial charge is 0.497 e. The van der Waals surface area contributed by atoms with Gasteiger partial charge < -0.3 is 9.64 Å². The lowest BCUT2D eigenvalue weighted by molar-refractivity contribution is -0.129. The van der Waals surface area contributed by atoms with Gasteiger partial charge in [-0.2, -0.15) is 0 Å². The number of sulfonamides is 1. The summed E-state index contributed by atoms with van der Waals surface area (Å²) in [4.78, 5) is 13.5. The SMILES string of the molecule is COc1ccc(S(=O)(=O)NCCN(C(C)=O)C2CC2)c(C)c1. The molecule has 0 spiro atoms. The van der Waals surface area contributed by atoms with E-state index < -0.39 is 10.0 Å². The smallest absolute Gasteiger partial charge is 0.240 e. The molecule has 0 radical (unpaired) electrons. The first-order valence-electron chi connectivity index (χ1n) is 7.26. The van der Waals surface area contributed by atoms with Crippen LogP contribution in [0.3, 0.4) is 0 Å². The number of rotatable bonds is 7. The van der Waals surface area contributed by atoms with Crippen molar-refractivity contribution >= 4 is 15.9 Å². The van der Waals surface area contributed by atoms with Crippen molar-refractivity contribution in [3.8, 4) is 5.75 Å². The first-order valence-corrected chi connectivity index (χ1v) is 8.75. The van der Waals surface area contributed by atoms with Crippen LogP contribution in [0, 0.1) is 6.92 Å². The average Bonchev–Trinajstić information content (AvgIpc) is 3.27. The van der Waals surface area contributed by atoms with Crippen LogP contribution in [0.4, 0.5) is 0 Å². The van der Waals surface area contributed by atoms with Gasteiger partial charge in [-0.05, 0) is 43.5 Å². The topological polar surface area (TPSA) is 75.7 Å². The van der Waals surface area contributed by atoms with E-state index in [1.807, 2.05) is 0 Å². The van der Waals surface area contributed by atoms with Crippen molar-refractivity contribution in [3.05, 3.63) is 23.8 Å². The Labute approximate surface area is 131 Å². The predicted octanol–water partition coefficient (Wildman–Crippen LogP) is 1.29. The highest BCUT2D eigenvalue weighted by Crippen LogP contribution is 2.26. The fourth-order valence-corrected chi connectivity index (χ4v) is 3.66. The van der Waals surface area contributed by atoms with Gasteiger partial charge in [-0.25, -0.2) is 13.1 Å². The Hall–Kier alpha value is -1.60. The molecule has 2 rings (SSSR count). The van der Waals surface area contributed by atoms with Crippen LogP contribution in [-0.4, -0.2) is 45.5 Å². The maximum atomic E-state index is 12.3. The summed E-state index contributed by atoms with van der Waals surface area (Å²) in [6.07, 6.45) is 2.01. The Morgan fingerprint density at radius 2 is 2.09 bits per heavy atom. The second-order valence-corrected chi connectivity index (χ2v) is 7.21. The lowest BCUT2D eigenvalue weighted by Crippen LogP contribution is -2.38. The van der Waals surface area contributed by atoms with E-state index in [4.69, 9.17) is 4.74 Å². The van der Waals surface area contributed by atoms with Gasteiger partial charge in [0.25, 0.3) is 0 Å². The lowest BCUT2D eigenvalue weighted by atomic mass is 10.2. The molecule has 122 valence electrons. The number of benzene rings is 1. The number of hydrogen-bond donors (Lipinski definition) is 1. The fourth-order valence-electron chi connectivity index (χ4n) is 2.41. The highest BCUT2D eigenvalue weighted by atomic mass is 32.2. The number of nitrogens with zero attached hydrogens (tertiary/aromatic N) is 1. The van der Waals surface area contributed by atoms with Crippen molar-refractivity contribution in [1.82, 2.24) is 9.62 Å². The minimum atomic E-state index is -3.59. The zero-order chi connectivity index (χ0) is 16.3. The van der Waals surface area contributed by atoms with E-state index in [0.29, 0.717) is 17.9 Å². The van der Waals surface area contributed by atoms with E-state index in [1.165, 1.54) is 20.1 Å². The number of aryl methyl sites for hydroxylation is 1. The zero-order valence-corrected chi connectivity index (χ0v) is 13.9. The molecule has 0 heterocycles. The predicted molar refractivity (Wildman–Crippen MR) is 83.3 cm³/mol. The minimum absolute atomic E-state index is 0.0117. The number of nitrogens with one attached hydrogen (secondary N) is 1. The van der Waals surface area contributed by atoms with Crippen LogP contribution in [0.2, 0.25) is 0 Å². The summed E-state index contributed by atoms with van der Waals surface area (Å²) in [5.41, 5.74) is 0.623. The van der Waals surface area contributed by atoms with Crippen molar-refractivity contribution in [2.24, 2.45) is 0 Å². The lowest BCUT2D eigenvalue weighted by Gasteiger charge is -2.20. The Balaban J connectivity index is 2.00. The summed E-state index contributed by atoms with van der Waals surface area (Å²) in [6, 6.07) is 5.11. The Kier molecular flexibility index (Phi) is 5.08. The molecule has 0 bridgehead atoms. The highest BCUT2D eigenvalue weighted by Gasteiger charge is 2.30. The highest BCUT2D eigenvalue weighted by molar-refractivity contribution is 7.89. The first kappa shape index (κ1) is 16.8. The third kappa shape index (κ3) is 3.98. The molecule has 0 unspecified atom stereocenters. The molecular formula is C15H22N2O4S. The number of carbonyl (C=O) groups is 1. The molecule has 1 fully saturated rings. The van der Waals surface area contributed by atoms with E-state index in [9.17, 15) is 13.2 Å². The van der Waals surface area contributed by atoms with Gasteiger partial charge in [-0.15, -0.1) is 0 Å². The normalized spacial score (nSPS) is 14.7. The van der Waals surface area contributed by atoms with Crippen LogP contribution >= 0.6 is 0 Å². The van der Waals surface area contributed by atoms with E-state index in [2.05, 4.69) is 4.72 Å². The molecule has 6 nitrogen and oxygen atoms in total. The molecule has 1 saturated carbocycles. The van der Waals surface area contributed by atoms with Gasteiger partial charge in [-0.3, -0.25) is 4.79 Å². The Morgan fingerprint density at radius 3 is 2.59 bits per heavy atom. The standard InChI is InChI=1S/C15H22N2O4S/c1-11-10-14(21-3)6-7-15(11)22(19,20)16-8-9-17(12(2)18)13-4-5-13/h6-7,10,13,16H,4-5,8-9H2,1-3H3. The van der Waals surface area contributed by atoms with Crippen LogP contribution in [0.1, 0.15) is 25.3 Å². The molecule has 1 N–H and O–H groups in total. The van der Waals surface area contributed by atoms with Gasteiger partial charge in [0, 0.05) is 26.1 Å². The zero-order valence-electron chi connectivity index (χ0n) is 13.1. The number of ether oxygens (including phenoxy) is 1. The van der Waals surface area contributed by atoms with Crippen LogP contribution in [0.5, 0.6) is 5.75 Å². The maximum Gasteiger partial charge on any atom is 0.240 e. The molecule has 1 aromatic rings. The van der Waals surface area contributed by atoms with Gasteiger partial charge in [0.15, 0.2) is 0 Å². The van der Waals surface area contributed by atoms with Crippen LogP contribution in [-0.2, 0) is 14.8 Å². The molecule has 22 heavy (non-hydrogen) atoms. The summed E-state index contributed by atoms with van der Waals surface area (Å²) >= 11 is 0. The van der Waals surface area contributed by atoms with Crippen molar-refractivity contribution in [2.45, 2.75) is 37.6 Å². The fraction of sp³-hybridized carbons (Fsp3) is 0.533. The van der Waals surface area contributed by atoms with Gasteiger partial charge >= 0.3 is 0 Å². The van der Waals surface area contributed by atoms with Crippen LogP contribution < -0.4 is 9.46 Å². The summed E-state index contributed by atoms with van der Waals surface area (Å²) < 4.78 is 32.3. The van der Waals surface area contributed by atoms with Crippen molar-refractivity contribution in [1.29, 1.82) is 0 Å². The maximum absolute atomic E-state index is 12.3. The van der Waals surface area contributed by atoms with E-state index in [-0.39, 0.29) is 23.4 Å². The third-order valence-corrected chi connectivity index (χ3v) is 5.33. The molecule has 1 aromatic carbocycles. The summed E-state index contributed by atoms with van der Waals surface area (Å²) in [5, 5.41) is 0. The van der Waals surface area contributed by atoms with Gasteiger partial charge in [0.05, 0.1) is 12.0 Å². The second kappa shape index (κ2) is 6.66. The summed E-state index contributed by atoms with van der Waals surface area (Å²) in [7, 11) is -2.05. The van der Waals surface area contributed by atoms with E-state index in [1.54, 1.807) is 24.0 Å². The van der Waals surface area contributed by atoms with Crippen LogP contribution in [0.15, 0.2) is 23.1 Å². The molecule has 0 aromatic heterocycles. The molecule has 7 heteroatoms. The molecule has 1 aliphatic carbocycles. The quantitative estimate of drug-likeness (QED) is 0.819. The molecular weight excluding hydrogens is 304 g/mol.